The minimum Gasteiger partial charge on any atom is -0.507 e. The molecule has 1 atom stereocenters. The lowest BCUT2D eigenvalue weighted by atomic mass is 9.95. The van der Waals surface area contributed by atoms with E-state index in [1.165, 1.54) is 30.3 Å². The Labute approximate surface area is 205 Å². The maximum absolute atomic E-state index is 13.3. The number of rotatable bonds is 4. The molecule has 9 heteroatoms. The van der Waals surface area contributed by atoms with Crippen molar-refractivity contribution in [3.8, 4) is 5.75 Å². The van der Waals surface area contributed by atoms with E-state index in [9.17, 15) is 14.7 Å². The van der Waals surface area contributed by atoms with Crippen molar-refractivity contribution in [3.63, 3.8) is 0 Å². The van der Waals surface area contributed by atoms with E-state index in [-0.39, 0.29) is 26.9 Å². The highest BCUT2D eigenvalue weighted by Crippen LogP contribution is 2.45. The highest BCUT2D eigenvalue weighted by Gasteiger charge is 2.47. The van der Waals surface area contributed by atoms with Gasteiger partial charge in [0.05, 0.1) is 29.3 Å². The topological polar surface area (TPSA) is 79.7 Å². The van der Waals surface area contributed by atoms with Crippen LogP contribution >= 0.6 is 34.8 Å². The van der Waals surface area contributed by atoms with Crippen LogP contribution in [0.2, 0.25) is 15.1 Å². The molecule has 0 saturated carbocycles. The fraction of sp³-hybridized carbons (Fsp3) is 0.125. The standard InChI is InChI=1S/C24H17Cl3N2O4/c1-12-5-6-14(25)10-18(12)29-20(13-4-3-7-28-11-13)19(22(31)24(29)32)21(30)16-8-15(26)9-17(27)23(16)33-2/h3-11,20,30H,1-2H3/b21-19+. The van der Waals surface area contributed by atoms with E-state index in [0.717, 1.165) is 5.56 Å². The monoisotopic (exact) mass is 502 g/mol. The number of ketones is 1. The van der Waals surface area contributed by atoms with Gasteiger partial charge in [-0.2, -0.15) is 0 Å². The van der Waals surface area contributed by atoms with Gasteiger partial charge in [0.25, 0.3) is 11.7 Å². The van der Waals surface area contributed by atoms with E-state index in [1.54, 1.807) is 43.5 Å². The second-order valence-corrected chi connectivity index (χ2v) is 8.63. The molecule has 0 radical (unpaired) electrons. The number of aliphatic hydroxyl groups excluding tert-OH is 1. The van der Waals surface area contributed by atoms with Gasteiger partial charge < -0.3 is 9.84 Å². The van der Waals surface area contributed by atoms with Crippen molar-refractivity contribution in [2.45, 2.75) is 13.0 Å². The van der Waals surface area contributed by atoms with Gasteiger partial charge in [-0.1, -0.05) is 46.9 Å². The number of nitrogens with zero attached hydrogens (tertiary/aromatic N) is 2. The van der Waals surface area contributed by atoms with Crippen molar-refractivity contribution in [2.24, 2.45) is 0 Å². The predicted octanol–water partition coefficient (Wildman–Crippen LogP) is 5.99. The summed E-state index contributed by atoms with van der Waals surface area (Å²) in [6, 6.07) is 10.3. The van der Waals surface area contributed by atoms with E-state index in [2.05, 4.69) is 4.98 Å². The Morgan fingerprint density at radius 3 is 2.52 bits per heavy atom. The van der Waals surface area contributed by atoms with Gasteiger partial charge in [-0.3, -0.25) is 19.5 Å². The van der Waals surface area contributed by atoms with Gasteiger partial charge in [-0.25, -0.2) is 0 Å². The number of pyridine rings is 1. The Bertz CT molecular complexity index is 1310. The average molecular weight is 504 g/mol. The summed E-state index contributed by atoms with van der Waals surface area (Å²) in [4.78, 5) is 32.0. The summed E-state index contributed by atoms with van der Waals surface area (Å²) in [5.74, 6) is -2.04. The molecule has 0 aliphatic carbocycles. The number of carbonyl (C=O) groups is 2. The van der Waals surface area contributed by atoms with Crippen LogP contribution in [0.5, 0.6) is 5.75 Å². The number of amides is 1. The Kier molecular flexibility index (Phi) is 6.34. The quantitative estimate of drug-likeness (QED) is 0.269. The molecule has 1 aromatic heterocycles. The zero-order chi connectivity index (χ0) is 23.9. The molecule has 168 valence electrons. The van der Waals surface area contributed by atoms with Crippen molar-refractivity contribution in [3.05, 3.63) is 92.2 Å². The van der Waals surface area contributed by atoms with Crippen LogP contribution in [0.4, 0.5) is 5.69 Å². The second-order valence-electron chi connectivity index (χ2n) is 7.35. The fourth-order valence-corrected chi connectivity index (χ4v) is 4.60. The smallest absolute Gasteiger partial charge is 0.300 e. The van der Waals surface area contributed by atoms with E-state index >= 15 is 0 Å². The first-order chi connectivity index (χ1) is 15.7. The molecule has 4 rings (SSSR count). The Balaban J connectivity index is 2.03. The zero-order valence-electron chi connectivity index (χ0n) is 17.5. The number of aromatic nitrogens is 1. The highest BCUT2D eigenvalue weighted by atomic mass is 35.5. The molecular formula is C24H17Cl3N2O4. The van der Waals surface area contributed by atoms with E-state index in [4.69, 9.17) is 39.5 Å². The molecule has 0 spiro atoms. The molecular weight excluding hydrogens is 487 g/mol. The van der Waals surface area contributed by atoms with Gasteiger partial charge >= 0.3 is 0 Å². The van der Waals surface area contributed by atoms with Crippen molar-refractivity contribution in [1.82, 2.24) is 4.98 Å². The number of anilines is 1. The third kappa shape index (κ3) is 4.06. The van der Waals surface area contributed by atoms with Crippen LogP contribution in [0.25, 0.3) is 5.76 Å². The Morgan fingerprint density at radius 1 is 1.09 bits per heavy atom. The van der Waals surface area contributed by atoms with E-state index < -0.39 is 23.5 Å². The Morgan fingerprint density at radius 2 is 1.85 bits per heavy atom. The maximum atomic E-state index is 13.3. The van der Waals surface area contributed by atoms with Gasteiger partial charge in [0.15, 0.2) is 0 Å². The number of aliphatic hydroxyl groups is 1. The lowest BCUT2D eigenvalue weighted by Crippen LogP contribution is -2.30. The molecule has 1 aliphatic rings. The first-order valence-electron chi connectivity index (χ1n) is 9.75. The minimum atomic E-state index is -0.974. The van der Waals surface area contributed by atoms with Crippen molar-refractivity contribution in [2.75, 3.05) is 12.0 Å². The number of aryl methyl sites for hydroxylation is 1. The molecule has 1 N–H and O–H groups in total. The van der Waals surface area contributed by atoms with Gasteiger partial charge in [0, 0.05) is 28.1 Å². The molecule has 6 nitrogen and oxygen atoms in total. The molecule has 1 saturated heterocycles. The summed E-state index contributed by atoms with van der Waals surface area (Å²) in [6.45, 7) is 1.80. The number of hydrogen-bond acceptors (Lipinski definition) is 5. The summed E-state index contributed by atoms with van der Waals surface area (Å²) < 4.78 is 5.34. The largest absolute Gasteiger partial charge is 0.507 e. The van der Waals surface area contributed by atoms with E-state index in [1.807, 2.05) is 0 Å². The van der Waals surface area contributed by atoms with Crippen LogP contribution < -0.4 is 9.64 Å². The van der Waals surface area contributed by atoms with Crippen LogP contribution in [0, 0.1) is 6.92 Å². The molecule has 0 bridgehead atoms. The summed E-state index contributed by atoms with van der Waals surface area (Å²) in [7, 11) is 1.37. The number of Topliss-reactive ketones (excluding diaryl/α,β-unsaturated/α-hetero) is 1. The number of carbonyl (C=O) groups excluding carboxylic acids is 2. The molecule has 1 aliphatic heterocycles. The summed E-state index contributed by atoms with van der Waals surface area (Å²) in [5.41, 5.74) is 1.62. The number of ether oxygens (including phenoxy) is 1. The number of benzene rings is 2. The molecule has 3 aromatic rings. The number of hydrogen-bond donors (Lipinski definition) is 1. The van der Waals surface area contributed by atoms with Crippen LogP contribution in [-0.2, 0) is 9.59 Å². The van der Waals surface area contributed by atoms with Crippen LogP contribution in [0.1, 0.15) is 22.7 Å². The Hall–Kier alpha value is -3.06. The van der Waals surface area contributed by atoms with Crippen molar-refractivity contribution >= 4 is 57.9 Å². The average Bonchev–Trinajstić information content (AvgIpc) is 3.05. The second kappa shape index (κ2) is 9.06. The first-order valence-corrected chi connectivity index (χ1v) is 10.9. The van der Waals surface area contributed by atoms with Crippen LogP contribution in [0.15, 0.2) is 60.4 Å². The van der Waals surface area contributed by atoms with Crippen molar-refractivity contribution in [1.29, 1.82) is 0 Å². The zero-order valence-corrected chi connectivity index (χ0v) is 19.7. The van der Waals surface area contributed by atoms with Crippen LogP contribution in [0.3, 0.4) is 0 Å². The normalized spacial score (nSPS) is 17.5. The predicted molar refractivity (Wildman–Crippen MR) is 128 cm³/mol. The molecule has 1 fully saturated rings. The van der Waals surface area contributed by atoms with Crippen LogP contribution in [-0.4, -0.2) is 28.9 Å². The summed E-state index contributed by atoms with van der Waals surface area (Å²) in [6.07, 6.45) is 3.10. The molecule has 2 aromatic carbocycles. The van der Waals surface area contributed by atoms with Gasteiger partial charge in [-0.15, -0.1) is 0 Å². The van der Waals surface area contributed by atoms with Gasteiger partial charge in [0.2, 0.25) is 0 Å². The number of halogens is 3. The third-order valence-corrected chi connectivity index (χ3v) is 6.08. The highest BCUT2D eigenvalue weighted by molar-refractivity contribution is 6.52. The summed E-state index contributed by atoms with van der Waals surface area (Å²) >= 11 is 18.6. The SMILES string of the molecule is COc1c(Cl)cc(Cl)cc1/C(O)=C1\C(=O)C(=O)N(c2cc(Cl)ccc2C)C1c1cccnc1. The third-order valence-electron chi connectivity index (χ3n) is 5.34. The van der Waals surface area contributed by atoms with Gasteiger partial charge in [-0.05, 0) is 48.4 Å². The van der Waals surface area contributed by atoms with E-state index in [0.29, 0.717) is 16.3 Å². The first kappa shape index (κ1) is 23.1. The van der Waals surface area contributed by atoms with Crippen molar-refractivity contribution < 1.29 is 19.4 Å². The maximum Gasteiger partial charge on any atom is 0.300 e. The number of methoxy groups -OCH3 is 1. The lowest BCUT2D eigenvalue weighted by molar-refractivity contribution is -0.132. The molecule has 1 amide bonds. The fourth-order valence-electron chi connectivity index (χ4n) is 3.86. The minimum absolute atomic E-state index is 0.0877. The van der Waals surface area contributed by atoms with Gasteiger partial charge in [0.1, 0.15) is 11.5 Å². The molecule has 33 heavy (non-hydrogen) atoms. The molecule has 1 unspecified atom stereocenters. The summed E-state index contributed by atoms with van der Waals surface area (Å²) in [5, 5.41) is 12.1. The molecule has 2 heterocycles. The lowest BCUT2D eigenvalue weighted by Gasteiger charge is -2.26.